The third kappa shape index (κ3) is 4.55. The van der Waals surface area contributed by atoms with Gasteiger partial charge in [0.2, 0.25) is 0 Å². The highest BCUT2D eigenvalue weighted by atomic mass is 32.2. The van der Waals surface area contributed by atoms with E-state index in [1.165, 1.54) is 19.2 Å². The van der Waals surface area contributed by atoms with Crippen molar-refractivity contribution in [2.75, 3.05) is 11.6 Å². The summed E-state index contributed by atoms with van der Waals surface area (Å²) in [6.45, 7) is 6.94. The van der Waals surface area contributed by atoms with Crippen LogP contribution in [-0.2, 0) is 15.6 Å². The molecule has 0 spiro atoms. The largest absolute Gasteiger partial charge is 0.421 e. The lowest BCUT2D eigenvalue weighted by atomic mass is 9.94. The van der Waals surface area contributed by atoms with Gasteiger partial charge in [0.1, 0.15) is 11.2 Å². The molecule has 0 atom stereocenters. The number of halogens is 1. The first-order valence-electron chi connectivity index (χ1n) is 12.4. The van der Waals surface area contributed by atoms with Crippen LogP contribution in [0.1, 0.15) is 46.8 Å². The molecule has 1 aliphatic carbocycles. The van der Waals surface area contributed by atoms with Crippen LogP contribution in [0.2, 0.25) is 0 Å². The molecule has 5 rings (SSSR count). The highest BCUT2D eigenvalue weighted by Crippen LogP contribution is 2.42. The van der Waals surface area contributed by atoms with Crippen LogP contribution in [0, 0.1) is 33.5 Å². The van der Waals surface area contributed by atoms with E-state index in [-0.39, 0.29) is 45.3 Å². The van der Waals surface area contributed by atoms with Crippen LogP contribution in [0.25, 0.3) is 22.1 Å². The maximum absolute atomic E-state index is 14.8. The number of anilines is 2. The number of hydrogen-bond acceptors (Lipinski definition) is 6. The monoisotopic (exact) mass is 536 g/mol. The molecule has 0 radical (unpaired) electrons. The van der Waals surface area contributed by atoms with Gasteiger partial charge in [0, 0.05) is 23.6 Å². The number of benzene rings is 2. The molecule has 0 aliphatic heterocycles. The Morgan fingerprint density at radius 2 is 1.76 bits per heavy atom. The number of aryl methyl sites for hydroxylation is 1. The molecule has 2 heterocycles. The fraction of sp³-hybridized carbons (Fsp3) is 0.310. The van der Waals surface area contributed by atoms with Gasteiger partial charge in [-0.1, -0.05) is 24.3 Å². The maximum atomic E-state index is 14.8. The molecule has 4 aromatic rings. The fourth-order valence-corrected chi connectivity index (χ4v) is 5.93. The number of pyridine rings is 1. The molecule has 0 bridgehead atoms. The molecule has 1 saturated carbocycles. The van der Waals surface area contributed by atoms with Crippen molar-refractivity contribution in [1.82, 2.24) is 4.57 Å². The Hall–Kier alpha value is -3.72. The summed E-state index contributed by atoms with van der Waals surface area (Å²) < 4.78 is 46.5. The molecule has 0 saturated heterocycles. The Bertz CT molecular complexity index is 1850. The lowest BCUT2D eigenvalue weighted by molar-refractivity contribution is 0.552. The molecule has 9 heteroatoms. The van der Waals surface area contributed by atoms with E-state index in [1.807, 2.05) is 19.9 Å². The van der Waals surface area contributed by atoms with Gasteiger partial charge in [-0.15, -0.1) is 0 Å². The van der Waals surface area contributed by atoms with Crippen molar-refractivity contribution in [2.24, 2.45) is 0 Å². The van der Waals surface area contributed by atoms with Crippen molar-refractivity contribution in [2.45, 2.75) is 52.3 Å². The summed E-state index contributed by atoms with van der Waals surface area (Å²) in [6.07, 6.45) is 2.85. The zero-order valence-corrected chi connectivity index (χ0v) is 22.8. The van der Waals surface area contributed by atoms with Crippen LogP contribution in [0.3, 0.4) is 0 Å². The second-order valence-electron chi connectivity index (χ2n) is 10.2. The number of rotatable bonds is 6. The Labute approximate surface area is 219 Å². The molecule has 2 aromatic heterocycles. The van der Waals surface area contributed by atoms with Crippen molar-refractivity contribution in [1.29, 1.82) is 0 Å². The molecule has 1 fully saturated rings. The SMILES string of the molecule is Cc1ccc(Nc2c(C)c(=O)oc3c(-c4cccc(CS(C)(=O)=O)c4C)c(C)n(C4CC4)c(=O)c23)c(F)c1. The van der Waals surface area contributed by atoms with E-state index in [0.717, 1.165) is 18.4 Å². The van der Waals surface area contributed by atoms with Gasteiger partial charge in [0.15, 0.2) is 15.4 Å². The summed E-state index contributed by atoms with van der Waals surface area (Å²) in [5.41, 5.74) is 3.53. The topological polar surface area (TPSA) is 98.4 Å². The van der Waals surface area contributed by atoms with Crippen molar-refractivity contribution >= 4 is 32.2 Å². The van der Waals surface area contributed by atoms with Crippen LogP contribution in [-0.4, -0.2) is 19.2 Å². The smallest absolute Gasteiger partial charge is 0.341 e. The van der Waals surface area contributed by atoms with Gasteiger partial charge in [-0.2, -0.15) is 0 Å². The molecular weight excluding hydrogens is 507 g/mol. The van der Waals surface area contributed by atoms with Gasteiger partial charge in [0.25, 0.3) is 5.56 Å². The van der Waals surface area contributed by atoms with E-state index in [1.54, 1.807) is 35.8 Å². The predicted octanol–water partition coefficient (Wildman–Crippen LogP) is 5.62. The molecule has 0 amide bonds. The minimum atomic E-state index is -3.30. The summed E-state index contributed by atoms with van der Waals surface area (Å²) in [5, 5.41) is 3.16. The Morgan fingerprint density at radius 3 is 2.39 bits per heavy atom. The quantitative estimate of drug-likeness (QED) is 0.344. The maximum Gasteiger partial charge on any atom is 0.341 e. The van der Waals surface area contributed by atoms with Gasteiger partial charge in [-0.05, 0) is 74.9 Å². The number of sulfone groups is 1. The van der Waals surface area contributed by atoms with E-state index in [9.17, 15) is 22.4 Å². The van der Waals surface area contributed by atoms with Crippen molar-refractivity contribution in [3.8, 4) is 11.1 Å². The second-order valence-corrected chi connectivity index (χ2v) is 12.4. The average Bonchev–Trinajstić information content (AvgIpc) is 3.65. The lowest BCUT2D eigenvalue weighted by Crippen LogP contribution is -2.25. The number of nitrogens with zero attached hydrogens (tertiary/aromatic N) is 1. The molecule has 7 nitrogen and oxygen atoms in total. The standard InChI is InChI=1S/C29H29FN2O5S/c1-15-9-12-23(22(30)13-15)31-26-17(3)29(34)37-27-24(18(4)32(20-10-11-20)28(33)25(26)27)21-8-6-7-19(16(21)2)14-38(5,35)36/h6-9,12-13,20,31H,10-11,14H2,1-5H3. The Morgan fingerprint density at radius 1 is 1.05 bits per heavy atom. The first kappa shape index (κ1) is 25.9. The number of aromatic nitrogens is 1. The Kier molecular flexibility index (Phi) is 6.30. The van der Waals surface area contributed by atoms with Crippen molar-refractivity contribution in [3.63, 3.8) is 0 Å². The van der Waals surface area contributed by atoms with Crippen molar-refractivity contribution < 1.29 is 17.2 Å². The minimum absolute atomic E-state index is 0.00125. The minimum Gasteiger partial charge on any atom is -0.421 e. The average molecular weight is 537 g/mol. The van der Waals surface area contributed by atoms with Crippen LogP contribution in [0.15, 0.2) is 50.4 Å². The summed E-state index contributed by atoms with van der Waals surface area (Å²) in [6, 6.07) is 10.0. The first-order valence-corrected chi connectivity index (χ1v) is 14.5. The zero-order chi connectivity index (χ0) is 27.5. The lowest BCUT2D eigenvalue weighted by Gasteiger charge is -2.21. The van der Waals surface area contributed by atoms with Crippen LogP contribution < -0.4 is 16.5 Å². The zero-order valence-electron chi connectivity index (χ0n) is 21.9. The van der Waals surface area contributed by atoms with Gasteiger partial charge in [-0.3, -0.25) is 4.79 Å². The van der Waals surface area contributed by atoms with Crippen molar-refractivity contribution in [3.05, 3.63) is 90.9 Å². The molecule has 1 aliphatic rings. The Balaban J connectivity index is 1.88. The normalized spacial score (nSPS) is 13.7. The van der Waals surface area contributed by atoms with Gasteiger partial charge >= 0.3 is 5.63 Å². The van der Waals surface area contributed by atoms with Gasteiger partial charge in [0.05, 0.1) is 22.7 Å². The first-order chi connectivity index (χ1) is 17.9. The molecule has 38 heavy (non-hydrogen) atoms. The van der Waals surface area contributed by atoms with Crippen LogP contribution in [0.5, 0.6) is 0 Å². The molecule has 1 N–H and O–H groups in total. The third-order valence-corrected chi connectivity index (χ3v) is 8.00. The van der Waals surface area contributed by atoms with E-state index in [0.29, 0.717) is 27.9 Å². The van der Waals surface area contributed by atoms with E-state index >= 15 is 0 Å². The summed E-state index contributed by atoms with van der Waals surface area (Å²) >= 11 is 0. The predicted molar refractivity (Wildman–Crippen MR) is 148 cm³/mol. The summed E-state index contributed by atoms with van der Waals surface area (Å²) in [7, 11) is -3.30. The van der Waals surface area contributed by atoms with Gasteiger partial charge < -0.3 is 14.3 Å². The van der Waals surface area contributed by atoms with Gasteiger partial charge in [-0.25, -0.2) is 17.6 Å². The highest BCUT2D eigenvalue weighted by Gasteiger charge is 2.31. The highest BCUT2D eigenvalue weighted by molar-refractivity contribution is 7.89. The third-order valence-electron chi connectivity index (χ3n) is 7.17. The second kappa shape index (κ2) is 9.23. The molecular formula is C29H29FN2O5S. The number of hydrogen-bond donors (Lipinski definition) is 1. The van der Waals surface area contributed by atoms with E-state index < -0.39 is 21.3 Å². The molecule has 2 aromatic carbocycles. The van der Waals surface area contributed by atoms with E-state index in [4.69, 9.17) is 4.42 Å². The molecule has 198 valence electrons. The summed E-state index contributed by atoms with van der Waals surface area (Å²) in [5.74, 6) is -0.654. The van der Waals surface area contributed by atoms with E-state index in [2.05, 4.69) is 5.32 Å². The number of nitrogens with one attached hydrogen (secondary N) is 1. The van der Waals surface area contributed by atoms with Crippen LogP contribution >= 0.6 is 0 Å². The van der Waals surface area contributed by atoms with Crippen LogP contribution in [0.4, 0.5) is 15.8 Å². The summed E-state index contributed by atoms with van der Waals surface area (Å²) in [4.78, 5) is 27.0. The fourth-order valence-electron chi connectivity index (χ4n) is 5.06. The number of fused-ring (bicyclic) bond motifs is 1. The molecule has 0 unspecified atom stereocenters.